The van der Waals surface area contributed by atoms with Crippen LogP contribution in [-0.4, -0.2) is 55.2 Å². The molecule has 1 amide bonds. The van der Waals surface area contributed by atoms with E-state index in [1.165, 1.54) is 0 Å². The van der Waals surface area contributed by atoms with Gasteiger partial charge in [-0.1, -0.05) is 12.1 Å². The summed E-state index contributed by atoms with van der Waals surface area (Å²) >= 11 is 0. The molecule has 0 spiro atoms. The summed E-state index contributed by atoms with van der Waals surface area (Å²) in [5, 5.41) is 13.2. The van der Waals surface area contributed by atoms with E-state index in [0.29, 0.717) is 11.7 Å². The summed E-state index contributed by atoms with van der Waals surface area (Å²) < 4.78 is 0. The number of anilines is 1. The fourth-order valence-corrected chi connectivity index (χ4v) is 3.22. The van der Waals surface area contributed by atoms with E-state index in [1.807, 2.05) is 23.1 Å². The first kappa shape index (κ1) is 16.9. The molecule has 2 fully saturated rings. The summed E-state index contributed by atoms with van der Waals surface area (Å²) in [6.45, 7) is 4.89. The van der Waals surface area contributed by atoms with Crippen molar-refractivity contribution in [2.45, 2.75) is 12.8 Å². The van der Waals surface area contributed by atoms with E-state index in [0.717, 1.165) is 57.8 Å². The number of piperidine rings is 1. The molecule has 0 bridgehead atoms. The molecule has 6 heteroatoms. The molecule has 2 aliphatic heterocycles. The van der Waals surface area contributed by atoms with Crippen molar-refractivity contribution in [2.24, 2.45) is 5.92 Å². The molecule has 2 saturated heterocycles. The highest BCUT2D eigenvalue weighted by molar-refractivity contribution is 5.85. The minimum absolute atomic E-state index is 0. The number of para-hydroxylation sites is 2. The van der Waals surface area contributed by atoms with Crippen molar-refractivity contribution >= 4 is 24.0 Å². The monoisotopic (exact) mass is 325 g/mol. The lowest BCUT2D eigenvalue weighted by Gasteiger charge is -2.38. The number of hydrogen-bond acceptors (Lipinski definition) is 4. The number of nitrogens with zero attached hydrogens (tertiary/aromatic N) is 2. The number of carbonyl (C=O) groups excluding carboxylic acids is 1. The highest BCUT2D eigenvalue weighted by Crippen LogP contribution is 2.27. The zero-order valence-corrected chi connectivity index (χ0v) is 13.5. The van der Waals surface area contributed by atoms with E-state index in [1.54, 1.807) is 6.07 Å². The predicted octanol–water partition coefficient (Wildman–Crippen LogP) is 1.46. The van der Waals surface area contributed by atoms with Crippen LogP contribution in [0.1, 0.15) is 12.8 Å². The molecule has 1 aromatic rings. The number of benzene rings is 1. The Kier molecular flexibility index (Phi) is 5.91. The average molecular weight is 326 g/mol. The summed E-state index contributed by atoms with van der Waals surface area (Å²) in [7, 11) is 0. The van der Waals surface area contributed by atoms with E-state index in [2.05, 4.69) is 10.2 Å². The van der Waals surface area contributed by atoms with Crippen LogP contribution in [0, 0.1) is 5.92 Å². The van der Waals surface area contributed by atoms with E-state index < -0.39 is 0 Å². The number of phenolic OH excluding ortho intramolecular Hbond substituents is 1. The number of carbonyl (C=O) groups is 1. The van der Waals surface area contributed by atoms with Gasteiger partial charge in [0.1, 0.15) is 5.75 Å². The SMILES string of the molecule is Cl.O=C(C1CCCNC1)N1CCN(c2ccccc2O)CC1. The first-order chi connectivity index (χ1) is 10.3. The number of piperazine rings is 1. The first-order valence-electron chi connectivity index (χ1n) is 7.78. The molecular formula is C16H24ClN3O2. The normalized spacial score (nSPS) is 22.1. The highest BCUT2D eigenvalue weighted by Gasteiger charge is 2.28. The summed E-state index contributed by atoms with van der Waals surface area (Å²) in [5.41, 5.74) is 0.865. The van der Waals surface area contributed by atoms with Gasteiger partial charge >= 0.3 is 0 Å². The number of aromatic hydroxyl groups is 1. The van der Waals surface area contributed by atoms with Gasteiger partial charge in [0.15, 0.2) is 0 Å². The van der Waals surface area contributed by atoms with Crippen LogP contribution in [-0.2, 0) is 4.79 Å². The Labute approximate surface area is 137 Å². The molecule has 0 saturated carbocycles. The molecule has 1 atom stereocenters. The fraction of sp³-hybridized carbons (Fsp3) is 0.562. The molecule has 122 valence electrons. The Morgan fingerprint density at radius 1 is 1.18 bits per heavy atom. The number of amides is 1. The van der Waals surface area contributed by atoms with Crippen LogP contribution < -0.4 is 10.2 Å². The predicted molar refractivity (Wildman–Crippen MR) is 89.7 cm³/mol. The molecule has 1 aromatic carbocycles. The van der Waals surface area contributed by atoms with Crippen molar-refractivity contribution in [3.8, 4) is 5.75 Å². The molecule has 0 aliphatic carbocycles. The average Bonchev–Trinajstić information content (AvgIpc) is 2.56. The Hall–Kier alpha value is -1.46. The Morgan fingerprint density at radius 3 is 2.55 bits per heavy atom. The van der Waals surface area contributed by atoms with Gasteiger partial charge in [-0.3, -0.25) is 4.79 Å². The third-order valence-electron chi connectivity index (χ3n) is 4.46. The van der Waals surface area contributed by atoms with Gasteiger partial charge in [0.05, 0.1) is 11.6 Å². The number of rotatable bonds is 2. The Bertz CT molecular complexity index is 498. The van der Waals surface area contributed by atoms with E-state index in [9.17, 15) is 9.90 Å². The van der Waals surface area contributed by atoms with Crippen LogP contribution in [0.25, 0.3) is 0 Å². The number of hydrogen-bond donors (Lipinski definition) is 2. The first-order valence-corrected chi connectivity index (χ1v) is 7.78. The van der Waals surface area contributed by atoms with Crippen LogP contribution in [0.5, 0.6) is 5.75 Å². The zero-order chi connectivity index (χ0) is 14.7. The summed E-state index contributed by atoms with van der Waals surface area (Å²) in [4.78, 5) is 16.6. The number of phenols is 1. The van der Waals surface area contributed by atoms with Gasteiger partial charge in [-0.2, -0.15) is 0 Å². The summed E-state index contributed by atoms with van der Waals surface area (Å²) in [6.07, 6.45) is 2.10. The van der Waals surface area contributed by atoms with Gasteiger partial charge in [-0.05, 0) is 31.5 Å². The topological polar surface area (TPSA) is 55.8 Å². The van der Waals surface area contributed by atoms with Crippen LogP contribution in [0.15, 0.2) is 24.3 Å². The van der Waals surface area contributed by atoms with Crippen molar-refractivity contribution in [3.63, 3.8) is 0 Å². The summed E-state index contributed by atoms with van der Waals surface area (Å²) in [5.74, 6) is 0.753. The lowest BCUT2D eigenvalue weighted by molar-refractivity contribution is -0.136. The molecule has 2 aliphatic rings. The minimum atomic E-state index is 0. The van der Waals surface area contributed by atoms with Crippen LogP contribution in [0.4, 0.5) is 5.69 Å². The van der Waals surface area contributed by atoms with Crippen LogP contribution >= 0.6 is 12.4 Å². The molecule has 2 heterocycles. The zero-order valence-electron chi connectivity index (χ0n) is 12.7. The fourth-order valence-electron chi connectivity index (χ4n) is 3.22. The van der Waals surface area contributed by atoms with E-state index in [4.69, 9.17) is 0 Å². The van der Waals surface area contributed by atoms with Gasteiger partial charge in [0.25, 0.3) is 0 Å². The van der Waals surface area contributed by atoms with Crippen molar-refractivity contribution in [2.75, 3.05) is 44.2 Å². The standard InChI is InChI=1S/C16H23N3O2.ClH/c20-15-6-2-1-5-14(15)18-8-10-19(11-9-18)16(21)13-4-3-7-17-12-13;/h1-2,5-6,13,17,20H,3-4,7-12H2;1H. The third kappa shape index (κ3) is 3.65. The van der Waals surface area contributed by atoms with Gasteiger partial charge < -0.3 is 20.2 Å². The maximum absolute atomic E-state index is 12.5. The minimum Gasteiger partial charge on any atom is -0.506 e. The number of nitrogens with one attached hydrogen (secondary N) is 1. The number of halogens is 1. The third-order valence-corrected chi connectivity index (χ3v) is 4.46. The molecule has 1 unspecified atom stereocenters. The van der Waals surface area contributed by atoms with Crippen molar-refractivity contribution in [1.29, 1.82) is 0 Å². The molecule has 3 rings (SSSR count). The van der Waals surface area contributed by atoms with Crippen LogP contribution in [0.3, 0.4) is 0 Å². The Morgan fingerprint density at radius 2 is 1.91 bits per heavy atom. The van der Waals surface area contributed by atoms with Gasteiger partial charge in [-0.25, -0.2) is 0 Å². The van der Waals surface area contributed by atoms with E-state index >= 15 is 0 Å². The maximum Gasteiger partial charge on any atom is 0.227 e. The molecule has 0 radical (unpaired) electrons. The van der Waals surface area contributed by atoms with Crippen LogP contribution in [0.2, 0.25) is 0 Å². The lowest BCUT2D eigenvalue weighted by Crippen LogP contribution is -2.52. The highest BCUT2D eigenvalue weighted by atomic mass is 35.5. The maximum atomic E-state index is 12.5. The smallest absolute Gasteiger partial charge is 0.227 e. The second-order valence-electron chi connectivity index (χ2n) is 5.84. The molecule has 5 nitrogen and oxygen atoms in total. The van der Waals surface area contributed by atoms with Gasteiger partial charge in [-0.15, -0.1) is 12.4 Å². The second-order valence-corrected chi connectivity index (χ2v) is 5.84. The second kappa shape index (κ2) is 7.70. The van der Waals surface area contributed by atoms with Crippen molar-refractivity contribution < 1.29 is 9.90 Å². The summed E-state index contributed by atoms with van der Waals surface area (Å²) in [6, 6.07) is 7.40. The van der Waals surface area contributed by atoms with Gasteiger partial charge in [0, 0.05) is 32.7 Å². The van der Waals surface area contributed by atoms with Gasteiger partial charge in [0.2, 0.25) is 5.91 Å². The van der Waals surface area contributed by atoms with Crippen molar-refractivity contribution in [3.05, 3.63) is 24.3 Å². The van der Waals surface area contributed by atoms with E-state index in [-0.39, 0.29) is 18.3 Å². The Balaban J connectivity index is 0.00000176. The molecule has 22 heavy (non-hydrogen) atoms. The largest absolute Gasteiger partial charge is 0.506 e. The molecule has 2 N–H and O–H groups in total. The molecular weight excluding hydrogens is 302 g/mol. The quantitative estimate of drug-likeness (QED) is 0.864. The van der Waals surface area contributed by atoms with Crippen molar-refractivity contribution in [1.82, 2.24) is 10.2 Å². The lowest BCUT2D eigenvalue weighted by atomic mass is 9.98. The molecule has 0 aromatic heterocycles.